The quantitative estimate of drug-likeness (QED) is 0.624. The molecule has 0 aliphatic carbocycles. The van der Waals surface area contributed by atoms with Gasteiger partial charge in [-0.25, -0.2) is 4.68 Å². The first-order valence-electron chi connectivity index (χ1n) is 8.18. The van der Waals surface area contributed by atoms with Crippen LogP contribution in [0.1, 0.15) is 27.4 Å². The summed E-state index contributed by atoms with van der Waals surface area (Å²) in [5, 5.41) is 20.0. The van der Waals surface area contributed by atoms with Gasteiger partial charge in [0.1, 0.15) is 12.2 Å². The molecule has 2 aromatic heterocycles. The zero-order valence-corrected chi connectivity index (χ0v) is 16.4. The van der Waals surface area contributed by atoms with Crippen LogP contribution in [0.25, 0.3) is 0 Å². The molecule has 3 aromatic rings. The minimum atomic E-state index is -1.06. The van der Waals surface area contributed by atoms with Crippen molar-refractivity contribution in [1.82, 2.24) is 19.6 Å². The van der Waals surface area contributed by atoms with Gasteiger partial charge in [-0.2, -0.15) is 10.2 Å². The van der Waals surface area contributed by atoms with Crippen molar-refractivity contribution in [3.63, 3.8) is 0 Å². The van der Waals surface area contributed by atoms with Gasteiger partial charge in [0.2, 0.25) is 0 Å². The molecule has 3 rings (SSSR count). The molecule has 0 aliphatic heterocycles. The Labute approximate surface area is 163 Å². The Bertz CT molecular complexity index is 1010. The van der Waals surface area contributed by atoms with Crippen LogP contribution in [-0.2, 0) is 17.9 Å². The SMILES string of the molecule is Cc1nn(Cc2cccc(NC(=O)c3ccnn3CC(=O)O)c2)c(C)c1Br. The van der Waals surface area contributed by atoms with E-state index in [9.17, 15) is 9.59 Å². The predicted octanol–water partition coefficient (Wildman–Crippen LogP) is 2.84. The van der Waals surface area contributed by atoms with Crippen molar-refractivity contribution in [1.29, 1.82) is 0 Å². The molecule has 0 spiro atoms. The summed E-state index contributed by atoms with van der Waals surface area (Å²) in [4.78, 5) is 23.3. The molecular formula is C18H18BrN5O3. The van der Waals surface area contributed by atoms with Gasteiger partial charge in [-0.15, -0.1) is 0 Å². The third kappa shape index (κ3) is 4.25. The van der Waals surface area contributed by atoms with Crippen LogP contribution in [0.3, 0.4) is 0 Å². The molecule has 9 heteroatoms. The first kappa shape index (κ1) is 18.8. The number of benzene rings is 1. The number of rotatable bonds is 6. The Balaban J connectivity index is 1.76. The second-order valence-corrected chi connectivity index (χ2v) is 6.86. The Kier molecular flexibility index (Phi) is 5.41. The number of carbonyl (C=O) groups excluding carboxylic acids is 1. The fourth-order valence-electron chi connectivity index (χ4n) is 2.72. The fraction of sp³-hybridized carbons (Fsp3) is 0.222. The molecule has 0 atom stereocenters. The number of carbonyl (C=O) groups is 2. The van der Waals surface area contributed by atoms with Crippen LogP contribution in [0.2, 0.25) is 0 Å². The van der Waals surface area contributed by atoms with E-state index in [2.05, 4.69) is 31.4 Å². The van der Waals surface area contributed by atoms with Gasteiger partial charge in [0.15, 0.2) is 0 Å². The van der Waals surface area contributed by atoms with Gasteiger partial charge in [-0.1, -0.05) is 12.1 Å². The number of nitrogens with zero attached hydrogens (tertiary/aromatic N) is 4. The molecule has 1 amide bonds. The second kappa shape index (κ2) is 7.75. The van der Waals surface area contributed by atoms with Crippen LogP contribution in [0.4, 0.5) is 5.69 Å². The van der Waals surface area contributed by atoms with Crippen molar-refractivity contribution in [3.05, 3.63) is 63.6 Å². The molecule has 0 fully saturated rings. The highest BCUT2D eigenvalue weighted by Crippen LogP contribution is 2.21. The van der Waals surface area contributed by atoms with Crippen LogP contribution in [0, 0.1) is 13.8 Å². The van der Waals surface area contributed by atoms with Crippen molar-refractivity contribution >= 4 is 33.5 Å². The van der Waals surface area contributed by atoms with Crippen molar-refractivity contribution in [2.75, 3.05) is 5.32 Å². The lowest BCUT2D eigenvalue weighted by Crippen LogP contribution is -2.20. The molecule has 0 bridgehead atoms. The highest BCUT2D eigenvalue weighted by molar-refractivity contribution is 9.10. The highest BCUT2D eigenvalue weighted by Gasteiger charge is 2.15. The number of aliphatic carboxylic acids is 1. The number of aromatic nitrogens is 4. The molecule has 8 nitrogen and oxygen atoms in total. The first-order valence-corrected chi connectivity index (χ1v) is 8.98. The molecular weight excluding hydrogens is 414 g/mol. The van der Waals surface area contributed by atoms with E-state index in [0.29, 0.717) is 12.2 Å². The van der Waals surface area contributed by atoms with Crippen LogP contribution >= 0.6 is 15.9 Å². The Morgan fingerprint density at radius 3 is 2.67 bits per heavy atom. The number of carboxylic acid groups (broad SMARTS) is 1. The lowest BCUT2D eigenvalue weighted by Gasteiger charge is -2.09. The van der Waals surface area contributed by atoms with Gasteiger partial charge in [-0.3, -0.25) is 14.3 Å². The molecule has 0 saturated heterocycles. The Morgan fingerprint density at radius 1 is 1.22 bits per heavy atom. The fourth-order valence-corrected chi connectivity index (χ4v) is 3.01. The van der Waals surface area contributed by atoms with Gasteiger partial charge in [0.05, 0.1) is 22.4 Å². The summed E-state index contributed by atoms with van der Waals surface area (Å²) >= 11 is 3.52. The van der Waals surface area contributed by atoms with E-state index in [1.807, 2.05) is 36.7 Å². The summed E-state index contributed by atoms with van der Waals surface area (Å²) in [5.41, 5.74) is 3.72. The zero-order valence-electron chi connectivity index (χ0n) is 14.8. The lowest BCUT2D eigenvalue weighted by atomic mass is 10.2. The summed E-state index contributed by atoms with van der Waals surface area (Å²) < 4.78 is 4.02. The molecule has 2 N–H and O–H groups in total. The van der Waals surface area contributed by atoms with E-state index in [-0.39, 0.29) is 12.2 Å². The van der Waals surface area contributed by atoms with Crippen LogP contribution in [0.15, 0.2) is 41.0 Å². The van der Waals surface area contributed by atoms with E-state index in [0.717, 1.165) is 26.1 Å². The van der Waals surface area contributed by atoms with Crippen LogP contribution < -0.4 is 5.32 Å². The first-order chi connectivity index (χ1) is 12.8. The third-order valence-corrected chi connectivity index (χ3v) is 5.19. The summed E-state index contributed by atoms with van der Waals surface area (Å²) in [6, 6.07) is 8.92. The Morgan fingerprint density at radius 2 is 2.00 bits per heavy atom. The molecule has 0 unspecified atom stereocenters. The largest absolute Gasteiger partial charge is 0.480 e. The van der Waals surface area contributed by atoms with Crippen molar-refractivity contribution in [2.24, 2.45) is 0 Å². The monoisotopic (exact) mass is 431 g/mol. The van der Waals surface area contributed by atoms with Gasteiger partial charge < -0.3 is 10.4 Å². The Hall–Kier alpha value is -2.94. The van der Waals surface area contributed by atoms with E-state index in [1.54, 1.807) is 6.07 Å². The number of aryl methyl sites for hydroxylation is 1. The van der Waals surface area contributed by atoms with E-state index < -0.39 is 11.9 Å². The predicted molar refractivity (Wildman–Crippen MR) is 103 cm³/mol. The van der Waals surface area contributed by atoms with Gasteiger partial charge in [0, 0.05) is 11.9 Å². The molecule has 140 valence electrons. The standard InChI is InChI=1S/C18H18BrN5O3/c1-11-17(19)12(2)23(22-11)9-13-4-3-5-14(8-13)21-18(27)15-6-7-20-24(15)10-16(25)26/h3-8H,9-10H2,1-2H3,(H,21,27)(H,25,26). The second-order valence-electron chi connectivity index (χ2n) is 6.06. The van der Waals surface area contributed by atoms with Crippen molar-refractivity contribution < 1.29 is 14.7 Å². The molecule has 0 radical (unpaired) electrons. The topological polar surface area (TPSA) is 102 Å². The van der Waals surface area contributed by atoms with E-state index in [1.165, 1.54) is 12.3 Å². The van der Waals surface area contributed by atoms with Crippen LogP contribution in [0.5, 0.6) is 0 Å². The summed E-state index contributed by atoms with van der Waals surface area (Å²) in [6.45, 7) is 4.12. The van der Waals surface area contributed by atoms with Gasteiger partial charge in [0.25, 0.3) is 5.91 Å². The number of anilines is 1. The highest BCUT2D eigenvalue weighted by atomic mass is 79.9. The average Bonchev–Trinajstić information content (AvgIpc) is 3.15. The number of carboxylic acids is 1. The average molecular weight is 432 g/mol. The smallest absolute Gasteiger partial charge is 0.325 e. The molecule has 27 heavy (non-hydrogen) atoms. The van der Waals surface area contributed by atoms with Crippen molar-refractivity contribution in [3.8, 4) is 0 Å². The maximum Gasteiger partial charge on any atom is 0.325 e. The molecule has 0 aliphatic rings. The summed E-state index contributed by atoms with van der Waals surface area (Å²) in [5.74, 6) is -1.48. The van der Waals surface area contributed by atoms with E-state index in [4.69, 9.17) is 5.11 Å². The van der Waals surface area contributed by atoms with E-state index >= 15 is 0 Å². The van der Waals surface area contributed by atoms with Crippen molar-refractivity contribution in [2.45, 2.75) is 26.9 Å². The van der Waals surface area contributed by atoms with Gasteiger partial charge in [-0.05, 0) is 53.5 Å². The number of amides is 1. The zero-order chi connectivity index (χ0) is 19.6. The molecule has 1 aromatic carbocycles. The number of hydrogen-bond donors (Lipinski definition) is 2. The number of hydrogen-bond acceptors (Lipinski definition) is 4. The lowest BCUT2D eigenvalue weighted by molar-refractivity contribution is -0.137. The number of nitrogens with one attached hydrogen (secondary N) is 1. The number of halogens is 1. The molecule has 2 heterocycles. The minimum absolute atomic E-state index is 0.185. The third-order valence-electron chi connectivity index (χ3n) is 4.04. The summed E-state index contributed by atoms with van der Waals surface area (Å²) in [6.07, 6.45) is 1.40. The minimum Gasteiger partial charge on any atom is -0.480 e. The maximum atomic E-state index is 12.5. The summed E-state index contributed by atoms with van der Waals surface area (Å²) in [7, 11) is 0. The maximum absolute atomic E-state index is 12.5. The molecule has 0 saturated carbocycles. The van der Waals surface area contributed by atoms with Gasteiger partial charge >= 0.3 is 5.97 Å². The normalized spacial score (nSPS) is 10.8. The van der Waals surface area contributed by atoms with Crippen LogP contribution in [-0.4, -0.2) is 36.5 Å².